The molecule has 0 radical (unpaired) electrons. The van der Waals surface area contributed by atoms with Crippen LogP contribution in [0.2, 0.25) is 0 Å². The van der Waals surface area contributed by atoms with Gasteiger partial charge in [0.1, 0.15) is 5.54 Å². The highest BCUT2D eigenvalue weighted by Crippen LogP contribution is 2.22. The quantitative estimate of drug-likeness (QED) is 0.609. The molecule has 0 spiro atoms. The number of carboxylic acid groups (broad SMARTS) is 1. The Kier molecular flexibility index (Phi) is 5.27. The number of ether oxygens (including phenoxy) is 2. The SMILES string of the molecule is CCOC(=O)CS(=O)(=O)NC1(C(=O)O)CCOCC1. The topological polar surface area (TPSA) is 119 Å². The van der Waals surface area contributed by atoms with Gasteiger partial charge >= 0.3 is 11.9 Å². The van der Waals surface area contributed by atoms with Gasteiger partial charge in [0.25, 0.3) is 0 Å². The zero-order valence-corrected chi connectivity index (χ0v) is 11.4. The van der Waals surface area contributed by atoms with Crippen molar-refractivity contribution >= 4 is 22.0 Å². The van der Waals surface area contributed by atoms with E-state index in [0.29, 0.717) is 0 Å². The first-order valence-corrected chi connectivity index (χ1v) is 7.45. The Hall–Kier alpha value is -1.19. The first-order chi connectivity index (χ1) is 8.81. The summed E-state index contributed by atoms with van der Waals surface area (Å²) in [5, 5.41) is 9.19. The Morgan fingerprint density at radius 1 is 1.37 bits per heavy atom. The van der Waals surface area contributed by atoms with Crippen LogP contribution in [0.25, 0.3) is 0 Å². The van der Waals surface area contributed by atoms with E-state index in [1.807, 2.05) is 0 Å². The molecule has 9 heteroatoms. The van der Waals surface area contributed by atoms with Crippen LogP contribution in [-0.2, 0) is 29.1 Å². The normalized spacial score (nSPS) is 18.8. The van der Waals surface area contributed by atoms with E-state index in [9.17, 15) is 23.1 Å². The summed E-state index contributed by atoms with van der Waals surface area (Å²) in [5.74, 6) is -3.08. The smallest absolute Gasteiger partial charge is 0.325 e. The largest absolute Gasteiger partial charge is 0.480 e. The third-order valence-corrected chi connectivity index (χ3v) is 4.04. The third kappa shape index (κ3) is 4.44. The highest BCUT2D eigenvalue weighted by molar-refractivity contribution is 7.90. The molecule has 1 fully saturated rings. The summed E-state index contributed by atoms with van der Waals surface area (Å²) in [7, 11) is -4.07. The number of nitrogens with one attached hydrogen (secondary N) is 1. The van der Waals surface area contributed by atoms with Gasteiger partial charge in [0.05, 0.1) is 6.61 Å². The van der Waals surface area contributed by atoms with Crippen LogP contribution in [0, 0.1) is 0 Å². The number of carbonyl (C=O) groups is 2. The fraction of sp³-hybridized carbons (Fsp3) is 0.800. The lowest BCUT2D eigenvalue weighted by atomic mass is 9.92. The van der Waals surface area contributed by atoms with Gasteiger partial charge in [-0.2, -0.15) is 4.72 Å². The van der Waals surface area contributed by atoms with Gasteiger partial charge in [-0.3, -0.25) is 9.59 Å². The Morgan fingerprint density at radius 3 is 2.42 bits per heavy atom. The highest BCUT2D eigenvalue weighted by atomic mass is 32.2. The van der Waals surface area contributed by atoms with Crippen LogP contribution in [0.4, 0.5) is 0 Å². The Balaban J connectivity index is 2.78. The molecule has 0 unspecified atom stereocenters. The summed E-state index contributed by atoms with van der Waals surface area (Å²) in [4.78, 5) is 22.4. The van der Waals surface area contributed by atoms with Crippen molar-refractivity contribution in [2.45, 2.75) is 25.3 Å². The van der Waals surface area contributed by atoms with E-state index < -0.39 is 33.3 Å². The standard InChI is InChI=1S/C10H17NO7S/c1-2-18-8(12)7-19(15,16)11-10(9(13)14)3-5-17-6-4-10/h11H,2-7H2,1H3,(H,13,14). The molecule has 110 valence electrons. The molecule has 0 aromatic heterocycles. The van der Waals surface area contributed by atoms with Crippen LogP contribution in [0.15, 0.2) is 0 Å². The summed E-state index contributed by atoms with van der Waals surface area (Å²) < 4.78 is 35.2. The molecule has 0 aliphatic carbocycles. The monoisotopic (exact) mass is 295 g/mol. The predicted octanol–water partition coefficient (Wildman–Crippen LogP) is -0.897. The van der Waals surface area contributed by atoms with Crippen molar-refractivity contribution in [1.29, 1.82) is 0 Å². The average Bonchev–Trinajstić information content (AvgIpc) is 2.28. The lowest BCUT2D eigenvalue weighted by Gasteiger charge is -2.33. The fourth-order valence-electron chi connectivity index (χ4n) is 1.77. The van der Waals surface area contributed by atoms with Crippen molar-refractivity contribution in [3.05, 3.63) is 0 Å². The molecule has 1 rings (SSSR count). The van der Waals surface area contributed by atoms with E-state index in [1.54, 1.807) is 6.92 Å². The summed E-state index contributed by atoms with van der Waals surface area (Å²) in [6.45, 7) is 1.91. The van der Waals surface area contributed by atoms with Crippen LogP contribution in [0.5, 0.6) is 0 Å². The lowest BCUT2D eigenvalue weighted by molar-refractivity contribution is -0.148. The van der Waals surface area contributed by atoms with Gasteiger partial charge in [-0.15, -0.1) is 0 Å². The van der Waals surface area contributed by atoms with Crippen LogP contribution >= 0.6 is 0 Å². The number of hydrogen-bond donors (Lipinski definition) is 2. The van der Waals surface area contributed by atoms with E-state index in [-0.39, 0.29) is 32.7 Å². The summed E-state index contributed by atoms with van der Waals surface area (Å²) in [6, 6.07) is 0. The molecule has 19 heavy (non-hydrogen) atoms. The molecule has 2 N–H and O–H groups in total. The van der Waals surface area contributed by atoms with Gasteiger partial charge in [0, 0.05) is 26.1 Å². The summed E-state index contributed by atoms with van der Waals surface area (Å²) >= 11 is 0. The molecule has 0 atom stereocenters. The molecule has 0 bridgehead atoms. The number of hydrogen-bond acceptors (Lipinski definition) is 6. The van der Waals surface area contributed by atoms with Gasteiger partial charge in [-0.1, -0.05) is 0 Å². The zero-order valence-electron chi connectivity index (χ0n) is 10.5. The van der Waals surface area contributed by atoms with Crippen LogP contribution in [-0.4, -0.2) is 56.6 Å². The van der Waals surface area contributed by atoms with Gasteiger partial charge in [-0.05, 0) is 6.92 Å². The maximum atomic E-state index is 11.8. The predicted molar refractivity (Wildman–Crippen MR) is 64.0 cm³/mol. The summed E-state index contributed by atoms with van der Waals surface area (Å²) in [6.07, 6.45) is 0.0365. The number of esters is 1. The maximum absolute atomic E-state index is 11.8. The first-order valence-electron chi connectivity index (χ1n) is 5.80. The fourth-order valence-corrected chi connectivity index (χ4v) is 3.12. The molecule has 0 amide bonds. The van der Waals surface area contributed by atoms with Crippen molar-refractivity contribution in [3.8, 4) is 0 Å². The van der Waals surface area contributed by atoms with Crippen molar-refractivity contribution in [2.75, 3.05) is 25.6 Å². The molecule has 0 aromatic carbocycles. The van der Waals surface area contributed by atoms with E-state index >= 15 is 0 Å². The van der Waals surface area contributed by atoms with Crippen molar-refractivity contribution in [1.82, 2.24) is 4.72 Å². The number of sulfonamides is 1. The average molecular weight is 295 g/mol. The van der Waals surface area contributed by atoms with E-state index in [0.717, 1.165) is 0 Å². The zero-order chi connectivity index (χ0) is 14.5. The molecule has 0 saturated carbocycles. The summed E-state index contributed by atoms with van der Waals surface area (Å²) in [5.41, 5.74) is -1.61. The van der Waals surface area contributed by atoms with Crippen molar-refractivity contribution in [3.63, 3.8) is 0 Å². The molecule has 1 aliphatic rings. The van der Waals surface area contributed by atoms with Crippen LogP contribution in [0.3, 0.4) is 0 Å². The molecule has 1 saturated heterocycles. The van der Waals surface area contributed by atoms with E-state index in [1.165, 1.54) is 0 Å². The Labute approximate surface area is 111 Å². The second-order valence-electron chi connectivity index (χ2n) is 4.17. The van der Waals surface area contributed by atoms with Crippen LogP contribution < -0.4 is 4.72 Å². The Morgan fingerprint density at radius 2 is 1.95 bits per heavy atom. The number of aliphatic carboxylic acids is 1. The van der Waals surface area contributed by atoms with Crippen LogP contribution in [0.1, 0.15) is 19.8 Å². The molecule has 8 nitrogen and oxygen atoms in total. The molecular weight excluding hydrogens is 278 g/mol. The first kappa shape index (κ1) is 15.9. The minimum Gasteiger partial charge on any atom is -0.480 e. The highest BCUT2D eigenvalue weighted by Gasteiger charge is 2.43. The molecule has 1 heterocycles. The Bertz CT molecular complexity index is 439. The van der Waals surface area contributed by atoms with Crippen molar-refractivity contribution < 1.29 is 32.6 Å². The lowest BCUT2D eigenvalue weighted by Crippen LogP contribution is -2.58. The van der Waals surface area contributed by atoms with Crippen molar-refractivity contribution in [2.24, 2.45) is 0 Å². The van der Waals surface area contributed by atoms with Gasteiger partial charge < -0.3 is 14.6 Å². The van der Waals surface area contributed by atoms with E-state index in [2.05, 4.69) is 9.46 Å². The number of rotatable bonds is 6. The van der Waals surface area contributed by atoms with Gasteiger partial charge in [0.15, 0.2) is 5.75 Å². The molecular formula is C10H17NO7S. The number of carboxylic acids is 1. The third-order valence-electron chi connectivity index (χ3n) is 2.72. The second-order valence-corrected chi connectivity index (χ2v) is 5.89. The maximum Gasteiger partial charge on any atom is 0.325 e. The minimum atomic E-state index is -4.07. The van der Waals surface area contributed by atoms with Gasteiger partial charge in [0.2, 0.25) is 10.0 Å². The molecule has 0 aromatic rings. The van der Waals surface area contributed by atoms with Gasteiger partial charge in [-0.25, -0.2) is 8.42 Å². The minimum absolute atomic E-state index is 0.0182. The van der Waals surface area contributed by atoms with E-state index in [4.69, 9.17) is 4.74 Å². The number of carbonyl (C=O) groups excluding carboxylic acids is 1. The molecule has 1 aliphatic heterocycles. The second kappa shape index (κ2) is 6.31.